The lowest BCUT2D eigenvalue weighted by Crippen LogP contribution is -2.35. The van der Waals surface area contributed by atoms with E-state index in [1.165, 1.54) is 0 Å². The smallest absolute Gasteiger partial charge is 0.241 e. The highest BCUT2D eigenvalue weighted by molar-refractivity contribution is 9.10. The summed E-state index contributed by atoms with van der Waals surface area (Å²) < 4.78 is 26.6. The van der Waals surface area contributed by atoms with Crippen LogP contribution >= 0.6 is 15.9 Å². The van der Waals surface area contributed by atoms with Gasteiger partial charge < -0.3 is 11.1 Å². The van der Waals surface area contributed by atoms with Gasteiger partial charge in [0.15, 0.2) is 0 Å². The highest BCUT2D eigenvalue weighted by Crippen LogP contribution is 2.23. The van der Waals surface area contributed by atoms with Crippen molar-refractivity contribution in [3.05, 3.63) is 28.2 Å². The molecule has 0 radical (unpaired) electrons. The number of carbonyl (C=O) groups is 1. The number of carbonyl (C=O) groups excluding carboxylic acids is 1. The van der Waals surface area contributed by atoms with Crippen LogP contribution in [0.4, 0.5) is 14.5 Å². The summed E-state index contributed by atoms with van der Waals surface area (Å²) in [6, 6.07) is 1.15. The first-order valence-corrected chi connectivity index (χ1v) is 5.96. The van der Waals surface area contributed by atoms with Crippen LogP contribution in [0.5, 0.6) is 0 Å². The summed E-state index contributed by atoms with van der Waals surface area (Å²) in [6.07, 6.45) is 1.23. The summed E-state index contributed by atoms with van der Waals surface area (Å²) in [4.78, 5) is 11.5. The summed E-state index contributed by atoms with van der Waals surface area (Å²) in [5, 5.41) is 2.26. The average Bonchev–Trinajstić information content (AvgIpc) is 2.26. The maximum absolute atomic E-state index is 13.4. The minimum Gasteiger partial charge on any atom is -0.322 e. The van der Waals surface area contributed by atoms with E-state index in [2.05, 4.69) is 21.2 Å². The summed E-state index contributed by atoms with van der Waals surface area (Å²) in [6.45, 7) is 1.88. The molecule has 0 aliphatic rings. The molecular weight excluding hydrogens is 294 g/mol. The number of nitrogens with two attached hydrogens (primary N) is 1. The number of hydrogen-bond acceptors (Lipinski definition) is 2. The molecule has 94 valence electrons. The lowest BCUT2D eigenvalue weighted by Gasteiger charge is -2.12. The van der Waals surface area contributed by atoms with Crippen molar-refractivity contribution in [3.8, 4) is 0 Å². The maximum Gasteiger partial charge on any atom is 0.241 e. The third-order valence-electron chi connectivity index (χ3n) is 2.20. The SMILES string of the molecule is CCC[C@H](N)C(=O)Nc1cc(F)c(Br)cc1F. The predicted octanol–water partition coefficient (Wildman–Crippen LogP) is 2.79. The van der Waals surface area contributed by atoms with Crippen molar-refractivity contribution in [1.82, 2.24) is 0 Å². The molecule has 17 heavy (non-hydrogen) atoms. The Balaban J connectivity index is 2.81. The summed E-state index contributed by atoms with van der Waals surface area (Å²) in [5.74, 6) is -1.88. The molecule has 3 nitrogen and oxygen atoms in total. The van der Waals surface area contributed by atoms with Crippen LogP contribution in [0.3, 0.4) is 0 Å². The molecule has 0 aliphatic heterocycles. The maximum atomic E-state index is 13.4. The van der Waals surface area contributed by atoms with Gasteiger partial charge in [-0.15, -0.1) is 0 Å². The normalized spacial score (nSPS) is 12.3. The third-order valence-corrected chi connectivity index (χ3v) is 2.81. The molecule has 0 spiro atoms. The number of anilines is 1. The van der Waals surface area contributed by atoms with Gasteiger partial charge in [0, 0.05) is 6.07 Å². The Morgan fingerprint density at radius 2 is 2.12 bits per heavy atom. The van der Waals surface area contributed by atoms with Gasteiger partial charge in [0.25, 0.3) is 0 Å². The summed E-state index contributed by atoms with van der Waals surface area (Å²) in [5.41, 5.74) is 5.35. The molecule has 1 aromatic rings. The molecule has 6 heteroatoms. The van der Waals surface area contributed by atoms with Crippen LogP contribution in [0, 0.1) is 11.6 Å². The van der Waals surface area contributed by atoms with E-state index in [0.29, 0.717) is 6.42 Å². The van der Waals surface area contributed by atoms with Gasteiger partial charge in [0.1, 0.15) is 11.6 Å². The Labute approximate surface area is 107 Å². The van der Waals surface area contributed by atoms with Gasteiger partial charge in [-0.25, -0.2) is 8.78 Å². The topological polar surface area (TPSA) is 55.1 Å². The second-order valence-corrected chi connectivity index (χ2v) is 4.48. The Morgan fingerprint density at radius 1 is 1.47 bits per heavy atom. The van der Waals surface area contributed by atoms with Gasteiger partial charge in [-0.05, 0) is 28.4 Å². The number of rotatable bonds is 4. The molecule has 0 saturated heterocycles. The van der Waals surface area contributed by atoms with E-state index in [4.69, 9.17) is 5.73 Å². The molecule has 1 amide bonds. The second-order valence-electron chi connectivity index (χ2n) is 3.63. The first kappa shape index (κ1) is 14.1. The van der Waals surface area contributed by atoms with Crippen molar-refractivity contribution >= 4 is 27.5 Å². The standard InChI is InChI=1S/C11H13BrF2N2O/c1-2-3-9(15)11(17)16-10-5-7(13)6(12)4-8(10)14/h4-5,9H,2-3,15H2,1H3,(H,16,17)/t9-/m0/s1. The Morgan fingerprint density at radius 3 is 2.71 bits per heavy atom. The van der Waals surface area contributed by atoms with E-state index in [1.807, 2.05) is 6.92 Å². The number of hydrogen-bond donors (Lipinski definition) is 2. The number of nitrogens with one attached hydrogen (secondary N) is 1. The Hall–Kier alpha value is -1.01. The monoisotopic (exact) mass is 306 g/mol. The molecule has 1 atom stereocenters. The molecular formula is C11H13BrF2N2O. The zero-order valence-electron chi connectivity index (χ0n) is 9.27. The van der Waals surface area contributed by atoms with E-state index in [9.17, 15) is 13.6 Å². The van der Waals surface area contributed by atoms with E-state index >= 15 is 0 Å². The zero-order valence-corrected chi connectivity index (χ0v) is 10.9. The van der Waals surface area contributed by atoms with Crippen molar-refractivity contribution in [3.63, 3.8) is 0 Å². The molecule has 1 rings (SSSR count). The minimum absolute atomic E-state index is 0.00542. The fourth-order valence-electron chi connectivity index (χ4n) is 1.29. The molecule has 0 bridgehead atoms. The van der Waals surface area contributed by atoms with Crippen molar-refractivity contribution in [2.45, 2.75) is 25.8 Å². The lowest BCUT2D eigenvalue weighted by atomic mass is 10.1. The lowest BCUT2D eigenvalue weighted by molar-refractivity contribution is -0.117. The fraction of sp³-hybridized carbons (Fsp3) is 0.364. The number of benzene rings is 1. The highest BCUT2D eigenvalue weighted by atomic mass is 79.9. The summed E-state index contributed by atoms with van der Waals surface area (Å²) in [7, 11) is 0. The Kier molecular flexibility index (Phi) is 5.02. The van der Waals surface area contributed by atoms with Crippen molar-refractivity contribution in [1.29, 1.82) is 0 Å². The molecule has 1 aromatic carbocycles. The molecule has 0 aliphatic carbocycles. The van der Waals surface area contributed by atoms with Crippen LogP contribution in [-0.4, -0.2) is 11.9 Å². The van der Waals surface area contributed by atoms with Gasteiger partial charge in [-0.2, -0.15) is 0 Å². The molecule has 0 fully saturated rings. The first-order chi connectivity index (χ1) is 7.95. The van der Waals surface area contributed by atoms with Crippen LogP contribution in [0.2, 0.25) is 0 Å². The van der Waals surface area contributed by atoms with Crippen LogP contribution < -0.4 is 11.1 Å². The average molecular weight is 307 g/mol. The van der Waals surface area contributed by atoms with E-state index in [1.54, 1.807) is 0 Å². The van der Waals surface area contributed by atoms with Crippen LogP contribution in [0.1, 0.15) is 19.8 Å². The zero-order chi connectivity index (χ0) is 13.0. The van der Waals surface area contributed by atoms with E-state index in [-0.39, 0.29) is 10.2 Å². The van der Waals surface area contributed by atoms with E-state index in [0.717, 1.165) is 18.6 Å². The van der Waals surface area contributed by atoms with Gasteiger partial charge in [0.05, 0.1) is 16.2 Å². The third kappa shape index (κ3) is 3.74. The molecule has 0 aromatic heterocycles. The van der Waals surface area contributed by atoms with Crippen LogP contribution in [0.15, 0.2) is 16.6 Å². The largest absolute Gasteiger partial charge is 0.322 e. The quantitative estimate of drug-likeness (QED) is 0.840. The van der Waals surface area contributed by atoms with Crippen molar-refractivity contribution in [2.75, 3.05) is 5.32 Å². The first-order valence-electron chi connectivity index (χ1n) is 5.16. The second kappa shape index (κ2) is 6.07. The van der Waals surface area contributed by atoms with Gasteiger partial charge in [0.2, 0.25) is 5.91 Å². The minimum atomic E-state index is -0.717. The van der Waals surface area contributed by atoms with Crippen molar-refractivity contribution in [2.24, 2.45) is 5.73 Å². The van der Waals surface area contributed by atoms with Gasteiger partial charge in [-0.1, -0.05) is 13.3 Å². The number of amides is 1. The highest BCUT2D eigenvalue weighted by Gasteiger charge is 2.15. The van der Waals surface area contributed by atoms with Crippen LogP contribution in [0.25, 0.3) is 0 Å². The molecule has 0 saturated carbocycles. The Bertz CT molecular complexity index is 426. The van der Waals surface area contributed by atoms with Crippen molar-refractivity contribution < 1.29 is 13.6 Å². The predicted molar refractivity (Wildman–Crippen MR) is 65.6 cm³/mol. The summed E-state index contributed by atoms with van der Waals surface area (Å²) >= 11 is 2.85. The fourth-order valence-corrected chi connectivity index (χ4v) is 1.60. The molecule has 3 N–H and O–H groups in total. The molecule has 0 heterocycles. The van der Waals surface area contributed by atoms with Crippen LogP contribution in [-0.2, 0) is 4.79 Å². The number of halogens is 3. The molecule has 0 unspecified atom stereocenters. The van der Waals surface area contributed by atoms with Gasteiger partial charge >= 0.3 is 0 Å². The van der Waals surface area contributed by atoms with Gasteiger partial charge in [-0.3, -0.25) is 4.79 Å². The van der Waals surface area contributed by atoms with E-state index < -0.39 is 23.6 Å².